The molecule has 0 aromatic rings. The molecule has 0 aromatic heterocycles. The van der Waals surface area contributed by atoms with E-state index in [2.05, 4.69) is 39.8 Å². The molecule has 3 rings (SSSR count). The maximum absolute atomic E-state index is 2.53. The molecule has 0 heteroatoms. The van der Waals surface area contributed by atoms with E-state index in [0.29, 0.717) is 5.41 Å². The van der Waals surface area contributed by atoms with E-state index in [0.717, 1.165) is 23.7 Å². The quantitative estimate of drug-likeness (QED) is 0.587. The molecule has 15 heavy (non-hydrogen) atoms. The average molecular weight is 206 g/mol. The first-order chi connectivity index (χ1) is 7.11. The first-order valence-electron chi connectivity index (χ1n) is 6.76. The van der Waals surface area contributed by atoms with Crippen LogP contribution in [0.25, 0.3) is 0 Å². The van der Waals surface area contributed by atoms with Crippen LogP contribution in [0, 0.1) is 29.1 Å². The lowest BCUT2D eigenvalue weighted by Gasteiger charge is -2.45. The summed E-state index contributed by atoms with van der Waals surface area (Å²) in [7, 11) is 0. The first kappa shape index (κ1) is 11.2. The molecule has 0 heterocycles. The van der Waals surface area contributed by atoms with Gasteiger partial charge in [-0.1, -0.05) is 39.8 Å². The molecule has 3 aliphatic rings. The Bertz CT molecular complexity index is 253. The SMILES string of the molecule is CCC=CCCC1C(C)C2CC1(C)C2C. The van der Waals surface area contributed by atoms with Gasteiger partial charge in [-0.3, -0.25) is 0 Å². The minimum absolute atomic E-state index is 0.699. The van der Waals surface area contributed by atoms with Crippen LogP contribution in [0.15, 0.2) is 12.2 Å². The van der Waals surface area contributed by atoms with Crippen LogP contribution in [0.3, 0.4) is 0 Å². The third-order valence-corrected chi connectivity index (χ3v) is 5.56. The minimum Gasteiger partial charge on any atom is -0.0888 e. The number of allylic oxidation sites excluding steroid dienone is 2. The Morgan fingerprint density at radius 3 is 2.47 bits per heavy atom. The second-order valence-corrected chi connectivity index (χ2v) is 6.09. The Hall–Kier alpha value is -0.260. The van der Waals surface area contributed by atoms with Crippen molar-refractivity contribution >= 4 is 0 Å². The Labute approximate surface area is 95.1 Å². The molecule has 0 nitrogen and oxygen atoms in total. The van der Waals surface area contributed by atoms with Gasteiger partial charge in [-0.05, 0) is 54.8 Å². The lowest BCUT2D eigenvalue weighted by Crippen LogP contribution is -2.38. The zero-order valence-corrected chi connectivity index (χ0v) is 10.8. The zero-order valence-electron chi connectivity index (χ0n) is 10.8. The molecule has 0 saturated heterocycles. The zero-order chi connectivity index (χ0) is 11.1. The summed E-state index contributed by atoms with van der Waals surface area (Å²) in [5, 5.41) is 0. The molecule has 0 aromatic carbocycles. The van der Waals surface area contributed by atoms with Gasteiger partial charge < -0.3 is 0 Å². The molecule has 3 saturated carbocycles. The molecule has 0 spiro atoms. The van der Waals surface area contributed by atoms with Gasteiger partial charge in [0.25, 0.3) is 0 Å². The summed E-state index contributed by atoms with van der Waals surface area (Å²) in [4.78, 5) is 0. The van der Waals surface area contributed by atoms with E-state index in [9.17, 15) is 0 Å². The van der Waals surface area contributed by atoms with Gasteiger partial charge in [-0.2, -0.15) is 0 Å². The van der Waals surface area contributed by atoms with E-state index in [1.807, 2.05) is 0 Å². The smallest absolute Gasteiger partial charge is 0.0264 e. The van der Waals surface area contributed by atoms with Crippen LogP contribution < -0.4 is 0 Å². The van der Waals surface area contributed by atoms with Crippen LogP contribution in [0.5, 0.6) is 0 Å². The summed E-state index contributed by atoms with van der Waals surface area (Å²) in [6.45, 7) is 9.72. The molecule has 0 radical (unpaired) electrons. The van der Waals surface area contributed by atoms with Crippen molar-refractivity contribution in [3.05, 3.63) is 12.2 Å². The molecule has 5 unspecified atom stereocenters. The normalized spacial score (nSPS) is 48.5. The van der Waals surface area contributed by atoms with Crippen LogP contribution in [0.1, 0.15) is 53.4 Å². The maximum Gasteiger partial charge on any atom is -0.0264 e. The Morgan fingerprint density at radius 1 is 1.27 bits per heavy atom. The lowest BCUT2D eigenvalue weighted by molar-refractivity contribution is 0.0362. The van der Waals surface area contributed by atoms with Crippen molar-refractivity contribution in [3.8, 4) is 0 Å². The topological polar surface area (TPSA) is 0 Å². The van der Waals surface area contributed by atoms with Gasteiger partial charge in [0.2, 0.25) is 0 Å². The second kappa shape index (κ2) is 3.96. The van der Waals surface area contributed by atoms with Crippen LogP contribution in [-0.4, -0.2) is 0 Å². The Balaban J connectivity index is 1.90. The van der Waals surface area contributed by atoms with Gasteiger partial charge in [0.05, 0.1) is 0 Å². The molecule has 86 valence electrons. The highest BCUT2D eigenvalue weighted by molar-refractivity contribution is 5.11. The fraction of sp³-hybridized carbons (Fsp3) is 0.867. The molecule has 3 aliphatic carbocycles. The highest BCUT2D eigenvalue weighted by Crippen LogP contribution is 2.69. The van der Waals surface area contributed by atoms with Crippen LogP contribution in [-0.2, 0) is 0 Å². The molecule has 5 atom stereocenters. The largest absolute Gasteiger partial charge is 0.0888 e. The number of rotatable bonds is 4. The van der Waals surface area contributed by atoms with E-state index >= 15 is 0 Å². The van der Waals surface area contributed by atoms with Crippen molar-refractivity contribution in [2.24, 2.45) is 29.1 Å². The number of hydrogen-bond donors (Lipinski definition) is 0. The van der Waals surface area contributed by atoms with Gasteiger partial charge in [-0.15, -0.1) is 0 Å². The molecule has 0 amide bonds. The third kappa shape index (κ3) is 1.57. The standard InChI is InChI=1S/C15H26/c1-5-6-7-8-9-14-11(2)13-10-15(14,4)12(13)3/h6-7,11-14H,5,8-10H2,1-4H3. The lowest BCUT2D eigenvalue weighted by atomic mass is 9.60. The maximum atomic E-state index is 2.53. The van der Waals surface area contributed by atoms with Crippen molar-refractivity contribution in [2.45, 2.75) is 53.4 Å². The highest BCUT2D eigenvalue weighted by atomic mass is 14.7. The van der Waals surface area contributed by atoms with E-state index in [1.165, 1.54) is 25.7 Å². The third-order valence-electron chi connectivity index (χ3n) is 5.56. The van der Waals surface area contributed by atoms with Gasteiger partial charge in [-0.25, -0.2) is 0 Å². The molecular formula is C15H26. The predicted molar refractivity (Wildman–Crippen MR) is 66.7 cm³/mol. The summed E-state index contributed by atoms with van der Waals surface area (Å²) < 4.78 is 0. The van der Waals surface area contributed by atoms with E-state index in [4.69, 9.17) is 0 Å². The van der Waals surface area contributed by atoms with Crippen LogP contribution in [0.4, 0.5) is 0 Å². The summed E-state index contributed by atoms with van der Waals surface area (Å²) in [6.07, 6.45) is 10.1. The van der Waals surface area contributed by atoms with Gasteiger partial charge in [0, 0.05) is 0 Å². The van der Waals surface area contributed by atoms with E-state index in [1.54, 1.807) is 0 Å². The summed E-state index contributed by atoms with van der Waals surface area (Å²) in [5.74, 6) is 4.03. The van der Waals surface area contributed by atoms with Crippen molar-refractivity contribution in [3.63, 3.8) is 0 Å². The number of hydrogen-bond acceptors (Lipinski definition) is 0. The molecular weight excluding hydrogens is 180 g/mol. The predicted octanol–water partition coefficient (Wildman–Crippen LogP) is 4.66. The van der Waals surface area contributed by atoms with Crippen LogP contribution >= 0.6 is 0 Å². The second-order valence-electron chi connectivity index (χ2n) is 6.09. The summed E-state index contributed by atoms with van der Waals surface area (Å²) in [6, 6.07) is 0. The van der Waals surface area contributed by atoms with Gasteiger partial charge >= 0.3 is 0 Å². The van der Waals surface area contributed by atoms with Gasteiger partial charge in [0.1, 0.15) is 0 Å². The molecule has 0 aliphatic heterocycles. The Morgan fingerprint density at radius 2 is 2.00 bits per heavy atom. The van der Waals surface area contributed by atoms with Crippen molar-refractivity contribution in [1.82, 2.24) is 0 Å². The molecule has 0 N–H and O–H groups in total. The van der Waals surface area contributed by atoms with Crippen molar-refractivity contribution in [2.75, 3.05) is 0 Å². The van der Waals surface area contributed by atoms with Crippen molar-refractivity contribution in [1.29, 1.82) is 0 Å². The van der Waals surface area contributed by atoms with E-state index in [-0.39, 0.29) is 0 Å². The molecule has 3 fully saturated rings. The monoisotopic (exact) mass is 206 g/mol. The summed E-state index contributed by atoms with van der Waals surface area (Å²) in [5.41, 5.74) is 0.699. The first-order valence-corrected chi connectivity index (χ1v) is 6.76. The highest BCUT2D eigenvalue weighted by Gasteiger charge is 2.62. The molecule has 2 bridgehead atoms. The Kier molecular flexibility index (Phi) is 2.96. The fourth-order valence-electron chi connectivity index (χ4n) is 4.38. The summed E-state index contributed by atoms with van der Waals surface area (Å²) >= 11 is 0. The van der Waals surface area contributed by atoms with Crippen LogP contribution in [0.2, 0.25) is 0 Å². The minimum atomic E-state index is 0.699. The average Bonchev–Trinajstić information content (AvgIpc) is 2.57. The number of fused-ring (bicyclic) bond motifs is 1. The van der Waals surface area contributed by atoms with Crippen molar-refractivity contribution < 1.29 is 0 Å². The van der Waals surface area contributed by atoms with E-state index < -0.39 is 0 Å². The van der Waals surface area contributed by atoms with Gasteiger partial charge in [0.15, 0.2) is 0 Å². The fourth-order valence-corrected chi connectivity index (χ4v) is 4.38.